The third kappa shape index (κ3) is 3.07. The molecule has 0 saturated carbocycles. The van der Waals surface area contributed by atoms with Gasteiger partial charge in [-0.25, -0.2) is 13.2 Å². The van der Waals surface area contributed by atoms with Gasteiger partial charge in [0.1, 0.15) is 17.5 Å². The van der Waals surface area contributed by atoms with Crippen LogP contribution in [0.1, 0.15) is 33.3 Å². The Kier molecular flexibility index (Phi) is 4.43. The van der Waals surface area contributed by atoms with E-state index in [9.17, 15) is 13.2 Å². The van der Waals surface area contributed by atoms with Crippen molar-refractivity contribution in [2.45, 2.75) is 38.9 Å². The van der Waals surface area contributed by atoms with E-state index in [0.717, 1.165) is 0 Å². The summed E-state index contributed by atoms with van der Waals surface area (Å²) >= 11 is 0. The van der Waals surface area contributed by atoms with Crippen LogP contribution in [-0.2, 0) is 9.31 Å². The first-order chi connectivity index (χ1) is 10.1. The van der Waals surface area contributed by atoms with Crippen LogP contribution >= 0.6 is 0 Å². The first kappa shape index (κ1) is 17.1. The van der Waals surface area contributed by atoms with Gasteiger partial charge in [0.2, 0.25) is 0 Å². The largest absolute Gasteiger partial charge is 0.491 e. The summed E-state index contributed by atoms with van der Waals surface area (Å²) in [5.41, 5.74) is 4.49. The van der Waals surface area contributed by atoms with Crippen LogP contribution < -0.4 is 5.73 Å². The average Bonchev–Trinajstić information content (AvgIpc) is 2.57. The molecule has 0 aliphatic carbocycles. The Bertz CT molecular complexity index is 578. The van der Waals surface area contributed by atoms with Crippen molar-refractivity contribution in [1.29, 1.82) is 0 Å². The molecule has 1 aromatic carbocycles. The van der Waals surface area contributed by atoms with E-state index in [4.69, 9.17) is 15.0 Å². The number of nitrogens with two attached hydrogens (primary N) is 1. The molecule has 0 aromatic heterocycles. The first-order valence-corrected chi connectivity index (χ1v) is 6.98. The second-order valence-corrected chi connectivity index (χ2v) is 6.29. The lowest BCUT2D eigenvalue weighted by atomic mass is 9.77. The van der Waals surface area contributed by atoms with Crippen LogP contribution in [0, 0.1) is 17.5 Å². The molecule has 1 aliphatic rings. The Morgan fingerprint density at radius 2 is 1.55 bits per heavy atom. The van der Waals surface area contributed by atoms with E-state index in [2.05, 4.69) is 0 Å². The number of rotatable bonds is 3. The normalized spacial score (nSPS) is 20.5. The summed E-state index contributed by atoms with van der Waals surface area (Å²) in [6.45, 7) is 7.44. The minimum atomic E-state index is -1.00. The van der Waals surface area contributed by atoms with Gasteiger partial charge in [-0.05, 0) is 33.2 Å². The molecule has 3 nitrogen and oxygen atoms in total. The predicted molar refractivity (Wildman–Crippen MR) is 79.4 cm³/mol. The maximum atomic E-state index is 13.8. The highest BCUT2D eigenvalue weighted by molar-refractivity contribution is 6.55. The highest BCUT2D eigenvalue weighted by atomic mass is 19.1. The Morgan fingerprint density at radius 3 is 1.95 bits per heavy atom. The highest BCUT2D eigenvalue weighted by Gasteiger charge is 2.52. The fourth-order valence-electron chi connectivity index (χ4n) is 2.09. The topological polar surface area (TPSA) is 44.5 Å². The van der Waals surface area contributed by atoms with Gasteiger partial charge in [0.05, 0.1) is 11.2 Å². The molecule has 7 heteroatoms. The van der Waals surface area contributed by atoms with Crippen molar-refractivity contribution in [2.24, 2.45) is 5.73 Å². The molecule has 0 spiro atoms. The summed E-state index contributed by atoms with van der Waals surface area (Å²) < 4.78 is 52.1. The smallest absolute Gasteiger partial charge is 0.400 e. The molecule has 0 unspecified atom stereocenters. The maximum absolute atomic E-state index is 13.8. The maximum Gasteiger partial charge on any atom is 0.491 e. The standard InChI is InChI=1S/C15H19BF3NO2/c1-14(2)15(3,4)22-16(21-14)9(8-20)5-11-12(18)6-10(17)7-13(11)19/h5-7H,8,20H2,1-4H3. The molecule has 2 N–H and O–H groups in total. The molecular weight excluding hydrogens is 294 g/mol. The third-order valence-electron chi connectivity index (χ3n) is 4.17. The van der Waals surface area contributed by atoms with Crippen LogP contribution in [0.4, 0.5) is 13.2 Å². The lowest BCUT2D eigenvalue weighted by molar-refractivity contribution is 0.00578. The van der Waals surface area contributed by atoms with E-state index in [-0.39, 0.29) is 12.1 Å². The Hall–Kier alpha value is -1.31. The molecule has 22 heavy (non-hydrogen) atoms. The molecular formula is C15H19BF3NO2. The number of hydrogen-bond donors (Lipinski definition) is 1. The minimum Gasteiger partial charge on any atom is -0.400 e. The summed E-state index contributed by atoms with van der Waals surface area (Å²) in [5, 5.41) is 0. The van der Waals surface area contributed by atoms with Crippen molar-refractivity contribution in [2.75, 3.05) is 6.54 Å². The lowest BCUT2D eigenvalue weighted by Crippen LogP contribution is -2.41. The first-order valence-electron chi connectivity index (χ1n) is 6.98. The van der Waals surface area contributed by atoms with Crippen LogP contribution in [-0.4, -0.2) is 24.9 Å². The van der Waals surface area contributed by atoms with Crippen molar-refractivity contribution < 1.29 is 22.5 Å². The molecule has 0 bridgehead atoms. The second-order valence-electron chi connectivity index (χ2n) is 6.29. The zero-order valence-corrected chi connectivity index (χ0v) is 13.0. The van der Waals surface area contributed by atoms with Crippen LogP contribution in [0.5, 0.6) is 0 Å². The van der Waals surface area contributed by atoms with E-state index in [1.54, 1.807) is 0 Å². The summed E-state index contributed by atoms with van der Waals surface area (Å²) in [7, 11) is -0.807. The van der Waals surface area contributed by atoms with Gasteiger partial charge in [-0.1, -0.05) is 6.08 Å². The Balaban J connectivity index is 2.38. The van der Waals surface area contributed by atoms with E-state index < -0.39 is 35.8 Å². The van der Waals surface area contributed by atoms with Crippen molar-refractivity contribution in [1.82, 2.24) is 0 Å². The summed E-state index contributed by atoms with van der Waals surface area (Å²) in [4.78, 5) is 0. The van der Waals surface area contributed by atoms with Crippen molar-refractivity contribution in [3.8, 4) is 0 Å². The number of hydrogen-bond acceptors (Lipinski definition) is 3. The molecule has 1 fully saturated rings. The van der Waals surface area contributed by atoms with Gasteiger partial charge in [0, 0.05) is 24.2 Å². The molecule has 1 saturated heterocycles. The van der Waals surface area contributed by atoms with Gasteiger partial charge >= 0.3 is 7.12 Å². The van der Waals surface area contributed by atoms with Crippen molar-refractivity contribution in [3.05, 3.63) is 40.6 Å². The van der Waals surface area contributed by atoms with Crippen molar-refractivity contribution >= 4 is 13.2 Å². The fraction of sp³-hybridized carbons (Fsp3) is 0.467. The van der Waals surface area contributed by atoms with Gasteiger partial charge in [-0.3, -0.25) is 0 Å². The van der Waals surface area contributed by atoms with Gasteiger partial charge in [0.15, 0.2) is 0 Å². The highest BCUT2D eigenvalue weighted by Crippen LogP contribution is 2.38. The van der Waals surface area contributed by atoms with Gasteiger partial charge < -0.3 is 15.0 Å². The zero-order valence-electron chi connectivity index (χ0n) is 13.0. The molecule has 1 aliphatic heterocycles. The predicted octanol–water partition coefficient (Wildman–Crippen LogP) is 3.08. The average molecular weight is 313 g/mol. The van der Waals surface area contributed by atoms with Crippen LogP contribution in [0.2, 0.25) is 0 Å². The number of benzene rings is 1. The molecule has 0 radical (unpaired) electrons. The van der Waals surface area contributed by atoms with Crippen molar-refractivity contribution in [3.63, 3.8) is 0 Å². The van der Waals surface area contributed by atoms with Gasteiger partial charge in [-0.2, -0.15) is 0 Å². The van der Waals surface area contributed by atoms with E-state index in [0.29, 0.717) is 17.6 Å². The van der Waals surface area contributed by atoms with Gasteiger partial charge in [0.25, 0.3) is 0 Å². The molecule has 1 aromatic rings. The molecule has 2 rings (SSSR count). The minimum absolute atomic E-state index is 0.00686. The van der Waals surface area contributed by atoms with Crippen LogP contribution in [0.25, 0.3) is 6.08 Å². The SMILES string of the molecule is CC1(C)OB(C(=Cc2c(F)cc(F)cc2F)CN)OC1(C)C. The van der Waals surface area contributed by atoms with Crippen LogP contribution in [0.3, 0.4) is 0 Å². The second kappa shape index (κ2) is 5.72. The Morgan fingerprint density at radius 1 is 1.09 bits per heavy atom. The zero-order chi connectivity index (χ0) is 16.7. The molecule has 0 amide bonds. The lowest BCUT2D eigenvalue weighted by Gasteiger charge is -2.32. The third-order valence-corrected chi connectivity index (χ3v) is 4.17. The molecule has 0 atom stereocenters. The monoisotopic (exact) mass is 313 g/mol. The van der Waals surface area contributed by atoms with E-state index in [1.807, 2.05) is 27.7 Å². The van der Waals surface area contributed by atoms with E-state index >= 15 is 0 Å². The van der Waals surface area contributed by atoms with Crippen LogP contribution in [0.15, 0.2) is 17.6 Å². The summed E-state index contributed by atoms with van der Waals surface area (Å²) in [6, 6.07) is 1.24. The van der Waals surface area contributed by atoms with Gasteiger partial charge in [-0.15, -0.1) is 0 Å². The fourth-order valence-corrected chi connectivity index (χ4v) is 2.09. The molecule has 120 valence electrons. The number of halogens is 3. The molecule has 1 heterocycles. The Labute approximate surface area is 128 Å². The summed E-state index contributed by atoms with van der Waals surface area (Å²) in [6.07, 6.45) is 1.21. The summed E-state index contributed by atoms with van der Waals surface area (Å²) in [5.74, 6) is -2.97. The van der Waals surface area contributed by atoms with E-state index in [1.165, 1.54) is 6.08 Å². The quantitative estimate of drug-likeness (QED) is 0.872.